The maximum atomic E-state index is 12.4. The fraction of sp³-hybridized carbons (Fsp3) is 0.923. The van der Waals surface area contributed by atoms with Crippen molar-refractivity contribution in [1.82, 2.24) is 9.62 Å². The van der Waals surface area contributed by atoms with Crippen LogP contribution < -0.4 is 4.72 Å². The van der Waals surface area contributed by atoms with E-state index in [1.165, 1.54) is 0 Å². The standard InChI is InChI=1S/C13H26N2O3S/c1-4-10-19(17,18)14-12(11(2)3)13(16)15-8-6-5-7-9-15/h11-12,14H,4-10H2,1-3H3/t12-/m1/s1. The average Bonchev–Trinajstić information content (AvgIpc) is 2.36. The van der Waals surface area contributed by atoms with Gasteiger partial charge in [-0.05, 0) is 31.6 Å². The van der Waals surface area contributed by atoms with Crippen molar-refractivity contribution >= 4 is 15.9 Å². The summed E-state index contributed by atoms with van der Waals surface area (Å²) in [5, 5.41) is 0. The van der Waals surface area contributed by atoms with Crippen LogP contribution in [0.3, 0.4) is 0 Å². The molecule has 0 aromatic carbocycles. The van der Waals surface area contributed by atoms with Crippen LogP contribution in [0.1, 0.15) is 46.5 Å². The first kappa shape index (κ1) is 16.4. The minimum absolute atomic E-state index is 0.0407. The molecule has 1 heterocycles. The second-order valence-corrected chi connectivity index (χ2v) is 7.42. The van der Waals surface area contributed by atoms with Gasteiger partial charge in [0.15, 0.2) is 0 Å². The lowest BCUT2D eigenvalue weighted by molar-refractivity contribution is -0.134. The fourth-order valence-corrected chi connectivity index (χ4v) is 3.72. The molecule has 0 unspecified atom stereocenters. The van der Waals surface area contributed by atoms with Crippen molar-refractivity contribution in [3.63, 3.8) is 0 Å². The molecule has 0 bridgehead atoms. The van der Waals surface area contributed by atoms with Crippen molar-refractivity contribution in [2.75, 3.05) is 18.8 Å². The lowest BCUT2D eigenvalue weighted by Crippen LogP contribution is -2.52. The van der Waals surface area contributed by atoms with Crippen LogP contribution in [0.4, 0.5) is 0 Å². The summed E-state index contributed by atoms with van der Waals surface area (Å²) >= 11 is 0. The molecule has 0 spiro atoms. The smallest absolute Gasteiger partial charge is 0.241 e. The summed E-state index contributed by atoms with van der Waals surface area (Å²) < 4.78 is 26.3. The van der Waals surface area contributed by atoms with E-state index in [-0.39, 0.29) is 17.6 Å². The summed E-state index contributed by atoms with van der Waals surface area (Å²) in [5.74, 6) is -0.0424. The zero-order chi connectivity index (χ0) is 14.5. The quantitative estimate of drug-likeness (QED) is 0.803. The Labute approximate surface area is 116 Å². The SMILES string of the molecule is CCCS(=O)(=O)N[C@@H](C(=O)N1CCCCC1)C(C)C. The van der Waals surface area contributed by atoms with Gasteiger partial charge >= 0.3 is 0 Å². The third kappa shape index (κ3) is 5.10. The molecule has 0 saturated carbocycles. The van der Waals surface area contributed by atoms with Gasteiger partial charge < -0.3 is 4.90 Å². The van der Waals surface area contributed by atoms with Crippen LogP contribution in [0.5, 0.6) is 0 Å². The molecule has 1 rings (SSSR count). The van der Waals surface area contributed by atoms with Gasteiger partial charge in [-0.15, -0.1) is 0 Å². The second kappa shape index (κ2) is 7.24. The van der Waals surface area contributed by atoms with E-state index in [1.807, 2.05) is 20.8 Å². The van der Waals surface area contributed by atoms with Crippen LogP contribution in [0.15, 0.2) is 0 Å². The number of carbonyl (C=O) groups is 1. The molecule has 1 saturated heterocycles. The zero-order valence-corrected chi connectivity index (χ0v) is 13.0. The topological polar surface area (TPSA) is 66.5 Å². The van der Waals surface area contributed by atoms with Gasteiger partial charge in [0.2, 0.25) is 15.9 Å². The summed E-state index contributed by atoms with van der Waals surface area (Å²) in [4.78, 5) is 14.2. The van der Waals surface area contributed by atoms with E-state index in [0.717, 1.165) is 32.4 Å². The Morgan fingerprint density at radius 2 is 1.79 bits per heavy atom. The first-order chi connectivity index (χ1) is 8.87. The molecule has 1 aliphatic heterocycles. The van der Waals surface area contributed by atoms with Crippen molar-refractivity contribution in [3.05, 3.63) is 0 Å². The van der Waals surface area contributed by atoms with Crippen LogP contribution in [-0.4, -0.2) is 44.1 Å². The highest BCUT2D eigenvalue weighted by atomic mass is 32.2. The second-order valence-electron chi connectivity index (χ2n) is 5.54. The molecule has 1 amide bonds. The molecule has 1 atom stereocenters. The molecular formula is C13H26N2O3S. The van der Waals surface area contributed by atoms with E-state index in [0.29, 0.717) is 6.42 Å². The summed E-state index contributed by atoms with van der Waals surface area (Å²) in [6.45, 7) is 7.06. The highest BCUT2D eigenvalue weighted by Gasteiger charge is 2.31. The number of amides is 1. The number of nitrogens with one attached hydrogen (secondary N) is 1. The highest BCUT2D eigenvalue weighted by molar-refractivity contribution is 7.89. The highest BCUT2D eigenvalue weighted by Crippen LogP contribution is 2.14. The Hall–Kier alpha value is -0.620. The molecule has 1 fully saturated rings. The number of likely N-dealkylation sites (tertiary alicyclic amines) is 1. The van der Waals surface area contributed by atoms with Crippen molar-refractivity contribution in [2.45, 2.75) is 52.5 Å². The zero-order valence-electron chi connectivity index (χ0n) is 12.2. The maximum Gasteiger partial charge on any atom is 0.241 e. The van der Waals surface area contributed by atoms with Gasteiger partial charge in [0.05, 0.1) is 5.75 Å². The molecule has 19 heavy (non-hydrogen) atoms. The molecule has 0 aromatic heterocycles. The minimum Gasteiger partial charge on any atom is -0.341 e. The third-order valence-corrected chi connectivity index (χ3v) is 4.94. The van der Waals surface area contributed by atoms with E-state index in [2.05, 4.69) is 4.72 Å². The largest absolute Gasteiger partial charge is 0.341 e. The van der Waals surface area contributed by atoms with Gasteiger partial charge in [0, 0.05) is 13.1 Å². The van der Waals surface area contributed by atoms with Crippen molar-refractivity contribution in [3.8, 4) is 0 Å². The monoisotopic (exact) mass is 290 g/mol. The average molecular weight is 290 g/mol. The number of nitrogens with zero attached hydrogens (tertiary/aromatic N) is 1. The Kier molecular flexibility index (Phi) is 6.26. The van der Waals surface area contributed by atoms with E-state index in [1.54, 1.807) is 4.90 Å². The van der Waals surface area contributed by atoms with Crippen molar-refractivity contribution < 1.29 is 13.2 Å². The Balaban J connectivity index is 2.74. The molecule has 5 nitrogen and oxygen atoms in total. The van der Waals surface area contributed by atoms with Gasteiger partial charge in [-0.25, -0.2) is 13.1 Å². The van der Waals surface area contributed by atoms with E-state index >= 15 is 0 Å². The van der Waals surface area contributed by atoms with Crippen LogP contribution in [0.2, 0.25) is 0 Å². The summed E-state index contributed by atoms with van der Waals surface area (Å²) in [7, 11) is -3.36. The van der Waals surface area contributed by atoms with Gasteiger partial charge in [0.1, 0.15) is 6.04 Å². The Morgan fingerprint density at radius 3 is 2.26 bits per heavy atom. The first-order valence-corrected chi connectivity index (χ1v) is 8.81. The molecule has 0 aliphatic carbocycles. The van der Waals surface area contributed by atoms with E-state index in [4.69, 9.17) is 0 Å². The molecule has 0 radical (unpaired) electrons. The predicted molar refractivity (Wildman–Crippen MR) is 76.3 cm³/mol. The van der Waals surface area contributed by atoms with Gasteiger partial charge in [-0.3, -0.25) is 4.79 Å². The number of hydrogen-bond acceptors (Lipinski definition) is 3. The molecule has 112 valence electrons. The van der Waals surface area contributed by atoms with Gasteiger partial charge in [0.25, 0.3) is 0 Å². The number of hydrogen-bond donors (Lipinski definition) is 1. The number of carbonyl (C=O) groups excluding carboxylic acids is 1. The summed E-state index contributed by atoms with van der Waals surface area (Å²) in [6, 6.07) is -0.630. The minimum atomic E-state index is -3.36. The molecule has 1 N–H and O–H groups in total. The molecule has 1 aliphatic rings. The van der Waals surface area contributed by atoms with Gasteiger partial charge in [-0.1, -0.05) is 20.8 Å². The molecular weight excluding hydrogens is 264 g/mol. The molecule has 6 heteroatoms. The third-order valence-electron chi connectivity index (χ3n) is 3.38. The van der Waals surface area contributed by atoms with Gasteiger partial charge in [-0.2, -0.15) is 0 Å². The fourth-order valence-electron chi connectivity index (χ4n) is 2.30. The van der Waals surface area contributed by atoms with Crippen LogP contribution in [0.25, 0.3) is 0 Å². The number of rotatable bonds is 6. The normalized spacial score (nSPS) is 18.6. The summed E-state index contributed by atoms with van der Waals surface area (Å²) in [5.41, 5.74) is 0. The van der Waals surface area contributed by atoms with Crippen molar-refractivity contribution in [2.24, 2.45) is 5.92 Å². The Bertz CT molecular complexity index is 387. The Morgan fingerprint density at radius 1 is 1.21 bits per heavy atom. The lowest BCUT2D eigenvalue weighted by atomic mass is 10.0. The van der Waals surface area contributed by atoms with Crippen LogP contribution in [0, 0.1) is 5.92 Å². The van der Waals surface area contributed by atoms with E-state index in [9.17, 15) is 13.2 Å². The lowest BCUT2D eigenvalue weighted by Gasteiger charge is -2.32. The van der Waals surface area contributed by atoms with Crippen LogP contribution >= 0.6 is 0 Å². The number of piperidine rings is 1. The van der Waals surface area contributed by atoms with E-state index < -0.39 is 16.1 Å². The molecule has 0 aromatic rings. The maximum absolute atomic E-state index is 12.4. The van der Waals surface area contributed by atoms with Crippen LogP contribution in [-0.2, 0) is 14.8 Å². The predicted octanol–water partition coefficient (Wildman–Crippen LogP) is 1.35. The number of sulfonamides is 1. The first-order valence-electron chi connectivity index (χ1n) is 7.16. The summed E-state index contributed by atoms with van der Waals surface area (Å²) in [6.07, 6.45) is 3.73. The van der Waals surface area contributed by atoms with Crippen molar-refractivity contribution in [1.29, 1.82) is 0 Å².